The SMILES string of the molecule is Cl.Cl.O=S(=O)(NCCN1CCNCC1)c1cc(Br)cc2c1OCC2. The number of ether oxygens (including phenoxy) is 1. The number of hydrogen-bond donors (Lipinski definition) is 2. The van der Waals surface area contributed by atoms with Gasteiger partial charge >= 0.3 is 0 Å². The summed E-state index contributed by atoms with van der Waals surface area (Å²) >= 11 is 3.38. The molecule has 0 aromatic heterocycles. The summed E-state index contributed by atoms with van der Waals surface area (Å²) in [5.41, 5.74) is 0.942. The summed E-state index contributed by atoms with van der Waals surface area (Å²) in [6, 6.07) is 3.53. The highest BCUT2D eigenvalue weighted by atomic mass is 79.9. The fourth-order valence-corrected chi connectivity index (χ4v) is 4.67. The van der Waals surface area contributed by atoms with Crippen molar-refractivity contribution in [3.8, 4) is 5.75 Å². The normalized spacial score (nSPS) is 17.4. The van der Waals surface area contributed by atoms with Crippen molar-refractivity contribution < 1.29 is 13.2 Å². The molecule has 0 radical (unpaired) electrons. The molecule has 2 N–H and O–H groups in total. The van der Waals surface area contributed by atoms with Crippen molar-refractivity contribution in [3.63, 3.8) is 0 Å². The quantitative estimate of drug-likeness (QED) is 0.692. The zero-order valence-electron chi connectivity index (χ0n) is 13.1. The molecule has 1 aromatic carbocycles. The summed E-state index contributed by atoms with van der Waals surface area (Å²) in [6.07, 6.45) is 0.748. The maximum atomic E-state index is 12.5. The van der Waals surface area contributed by atoms with Crippen LogP contribution in [0.1, 0.15) is 5.56 Å². The third kappa shape index (κ3) is 5.20. The maximum Gasteiger partial charge on any atom is 0.244 e. The lowest BCUT2D eigenvalue weighted by atomic mass is 10.2. The Kier molecular flexibility index (Phi) is 8.75. The van der Waals surface area contributed by atoms with Crippen LogP contribution >= 0.6 is 40.7 Å². The number of nitrogens with zero attached hydrogens (tertiary/aromatic N) is 1. The monoisotopic (exact) mass is 461 g/mol. The maximum absolute atomic E-state index is 12.5. The minimum Gasteiger partial charge on any atom is -0.492 e. The van der Waals surface area contributed by atoms with Crippen molar-refractivity contribution in [1.29, 1.82) is 0 Å². The molecule has 138 valence electrons. The van der Waals surface area contributed by atoms with Crippen LogP contribution in [-0.2, 0) is 16.4 Å². The molecular formula is C14H22BrCl2N3O3S. The van der Waals surface area contributed by atoms with Crippen LogP contribution in [0.25, 0.3) is 0 Å². The summed E-state index contributed by atoms with van der Waals surface area (Å²) < 4.78 is 34.0. The van der Waals surface area contributed by atoms with Crippen molar-refractivity contribution in [1.82, 2.24) is 14.9 Å². The average Bonchev–Trinajstić information content (AvgIpc) is 2.95. The van der Waals surface area contributed by atoms with E-state index in [4.69, 9.17) is 4.74 Å². The molecule has 0 aliphatic carbocycles. The van der Waals surface area contributed by atoms with Crippen LogP contribution in [0.5, 0.6) is 5.75 Å². The van der Waals surface area contributed by atoms with Crippen LogP contribution in [-0.4, -0.2) is 59.2 Å². The first-order valence-corrected chi connectivity index (χ1v) is 9.72. The van der Waals surface area contributed by atoms with Gasteiger partial charge in [0.2, 0.25) is 10.0 Å². The first-order chi connectivity index (χ1) is 10.6. The standard InChI is InChI=1S/C14H20BrN3O3S.2ClH/c15-12-9-11-1-8-21-14(11)13(10-12)22(19,20)17-4-7-18-5-2-16-3-6-18;;/h9-10,16-17H,1-8H2;2*1H. The Labute approximate surface area is 163 Å². The van der Waals surface area contributed by atoms with Crippen LogP contribution in [0, 0.1) is 0 Å². The molecule has 0 unspecified atom stereocenters. The lowest BCUT2D eigenvalue weighted by Gasteiger charge is -2.27. The predicted octanol–water partition coefficient (Wildman–Crippen LogP) is 1.41. The topological polar surface area (TPSA) is 70.7 Å². The van der Waals surface area contributed by atoms with Crippen LogP contribution in [0.15, 0.2) is 21.5 Å². The first-order valence-electron chi connectivity index (χ1n) is 7.44. The van der Waals surface area contributed by atoms with E-state index < -0.39 is 10.0 Å². The molecule has 1 saturated heterocycles. The fraction of sp³-hybridized carbons (Fsp3) is 0.571. The highest BCUT2D eigenvalue weighted by molar-refractivity contribution is 9.10. The van der Waals surface area contributed by atoms with Crippen molar-refractivity contribution >= 4 is 50.8 Å². The molecule has 0 atom stereocenters. The Bertz CT molecular complexity index is 655. The van der Waals surface area contributed by atoms with Crippen LogP contribution in [0.2, 0.25) is 0 Å². The van der Waals surface area contributed by atoms with E-state index in [1.54, 1.807) is 6.07 Å². The molecular weight excluding hydrogens is 441 g/mol. The molecule has 0 spiro atoms. The van der Waals surface area contributed by atoms with Gasteiger partial charge in [-0.1, -0.05) is 15.9 Å². The molecule has 0 bridgehead atoms. The molecule has 2 heterocycles. The number of piperazine rings is 1. The largest absolute Gasteiger partial charge is 0.492 e. The van der Waals surface area contributed by atoms with Gasteiger partial charge in [0, 0.05) is 55.7 Å². The van der Waals surface area contributed by atoms with Gasteiger partial charge in [-0.3, -0.25) is 4.90 Å². The lowest BCUT2D eigenvalue weighted by molar-refractivity contribution is 0.245. The molecule has 3 rings (SSSR count). The Balaban J connectivity index is 0.00000144. The van der Waals surface area contributed by atoms with Gasteiger partial charge in [0.25, 0.3) is 0 Å². The van der Waals surface area contributed by atoms with Crippen molar-refractivity contribution in [2.45, 2.75) is 11.3 Å². The first kappa shape index (κ1) is 22.0. The zero-order chi connectivity index (χ0) is 15.6. The van der Waals surface area contributed by atoms with Gasteiger partial charge in [-0.2, -0.15) is 0 Å². The number of rotatable bonds is 5. The second-order valence-corrected chi connectivity index (χ2v) is 8.13. The van der Waals surface area contributed by atoms with Crippen molar-refractivity contribution in [3.05, 3.63) is 22.2 Å². The van der Waals surface area contributed by atoms with Crippen molar-refractivity contribution in [2.24, 2.45) is 0 Å². The molecule has 1 fully saturated rings. The Morgan fingerprint density at radius 3 is 2.67 bits per heavy atom. The predicted molar refractivity (Wildman–Crippen MR) is 102 cm³/mol. The third-order valence-electron chi connectivity index (χ3n) is 3.93. The molecule has 2 aliphatic heterocycles. The van der Waals surface area contributed by atoms with E-state index in [1.807, 2.05) is 6.07 Å². The van der Waals surface area contributed by atoms with E-state index in [-0.39, 0.29) is 29.7 Å². The highest BCUT2D eigenvalue weighted by Gasteiger charge is 2.26. The van der Waals surface area contributed by atoms with Gasteiger partial charge in [-0.05, 0) is 12.1 Å². The molecule has 10 heteroatoms. The van der Waals surface area contributed by atoms with Gasteiger partial charge < -0.3 is 10.1 Å². The number of halogens is 3. The number of nitrogens with one attached hydrogen (secondary N) is 2. The number of fused-ring (bicyclic) bond motifs is 1. The lowest BCUT2D eigenvalue weighted by Crippen LogP contribution is -2.46. The summed E-state index contributed by atoms with van der Waals surface area (Å²) in [7, 11) is -3.56. The van der Waals surface area contributed by atoms with Crippen LogP contribution in [0.4, 0.5) is 0 Å². The van der Waals surface area contributed by atoms with E-state index in [9.17, 15) is 8.42 Å². The molecule has 2 aliphatic rings. The molecule has 6 nitrogen and oxygen atoms in total. The van der Waals surface area contributed by atoms with Gasteiger partial charge in [0.05, 0.1) is 6.61 Å². The van der Waals surface area contributed by atoms with Crippen LogP contribution < -0.4 is 14.8 Å². The second-order valence-electron chi connectivity index (χ2n) is 5.48. The van der Waals surface area contributed by atoms with Crippen LogP contribution in [0.3, 0.4) is 0 Å². The van der Waals surface area contributed by atoms with Gasteiger partial charge in [-0.25, -0.2) is 13.1 Å². The smallest absolute Gasteiger partial charge is 0.244 e. The fourth-order valence-electron chi connectivity index (χ4n) is 2.79. The van der Waals surface area contributed by atoms with E-state index in [0.717, 1.165) is 49.2 Å². The second kappa shape index (κ2) is 9.56. The minimum absolute atomic E-state index is 0. The molecule has 24 heavy (non-hydrogen) atoms. The summed E-state index contributed by atoms with van der Waals surface area (Å²) in [5.74, 6) is 0.498. The molecule has 0 saturated carbocycles. The summed E-state index contributed by atoms with van der Waals surface area (Å²) in [6.45, 7) is 5.49. The molecule has 0 amide bonds. The third-order valence-corrected chi connectivity index (χ3v) is 5.86. The summed E-state index contributed by atoms with van der Waals surface area (Å²) in [5, 5.41) is 3.28. The van der Waals surface area contributed by atoms with E-state index in [2.05, 4.69) is 30.9 Å². The summed E-state index contributed by atoms with van der Waals surface area (Å²) in [4.78, 5) is 2.48. The zero-order valence-corrected chi connectivity index (χ0v) is 17.1. The van der Waals surface area contributed by atoms with E-state index in [0.29, 0.717) is 18.9 Å². The average molecular weight is 463 g/mol. The number of sulfonamides is 1. The van der Waals surface area contributed by atoms with Gasteiger partial charge in [-0.15, -0.1) is 24.8 Å². The Hall–Kier alpha value is -0.0900. The number of hydrogen-bond acceptors (Lipinski definition) is 5. The highest BCUT2D eigenvalue weighted by Crippen LogP contribution is 2.35. The van der Waals surface area contributed by atoms with Crippen molar-refractivity contribution in [2.75, 3.05) is 45.9 Å². The van der Waals surface area contributed by atoms with E-state index >= 15 is 0 Å². The number of benzene rings is 1. The minimum atomic E-state index is -3.56. The Morgan fingerprint density at radius 1 is 1.25 bits per heavy atom. The van der Waals surface area contributed by atoms with Gasteiger partial charge in [0.15, 0.2) is 0 Å². The molecule has 1 aromatic rings. The van der Waals surface area contributed by atoms with E-state index in [1.165, 1.54) is 0 Å². The Morgan fingerprint density at radius 2 is 1.96 bits per heavy atom. The van der Waals surface area contributed by atoms with Gasteiger partial charge in [0.1, 0.15) is 10.6 Å².